The van der Waals surface area contributed by atoms with Gasteiger partial charge in [-0.15, -0.1) is 0 Å². The van der Waals surface area contributed by atoms with Crippen molar-refractivity contribution in [3.05, 3.63) is 0 Å². The Kier molecular flexibility index (Phi) is 28.4. The molecule has 0 aromatic carbocycles. The maximum atomic E-state index is 8.52. The SMILES string of the molecule is O=S(=O)([O-])[O-].[Ar].[Na+].[Na+]. The molecule has 0 aliphatic rings. The molecule has 0 rings (SSSR count). The Hall–Kier alpha value is 3.13. The molecule has 0 spiro atoms. The third-order valence-electron chi connectivity index (χ3n) is 0. The molecule has 0 aromatic rings. The third kappa shape index (κ3) is 61.6. The maximum Gasteiger partial charge on any atom is 1.00 e. The summed E-state index contributed by atoms with van der Waals surface area (Å²) in [5.74, 6) is 0. The van der Waals surface area contributed by atoms with E-state index < -0.39 is 10.4 Å². The summed E-state index contributed by atoms with van der Waals surface area (Å²) in [7, 11) is -5.17. The normalized spacial score (nSPS) is 7.25. The summed E-state index contributed by atoms with van der Waals surface area (Å²) < 4.78 is 34.1. The molecule has 0 amide bonds. The van der Waals surface area contributed by atoms with Gasteiger partial charge in [-0.05, 0) is 0 Å². The van der Waals surface area contributed by atoms with Gasteiger partial charge in [-0.3, -0.25) is 8.42 Å². The molecule has 8 heteroatoms. The summed E-state index contributed by atoms with van der Waals surface area (Å²) in [4.78, 5) is 0. The Labute approximate surface area is 122 Å². The van der Waals surface area contributed by atoms with Crippen molar-refractivity contribution in [2.45, 2.75) is 0 Å². The number of rotatable bonds is 0. The molecule has 0 unspecified atom stereocenters. The van der Waals surface area contributed by atoms with Crippen LogP contribution in [0.4, 0.5) is 0 Å². The van der Waals surface area contributed by atoms with E-state index in [1.54, 1.807) is 0 Å². The molecule has 8 heavy (non-hydrogen) atoms. The molecule has 0 N–H and O–H groups in total. The molecule has 0 aliphatic carbocycles. The molecule has 0 aromatic heterocycles. The summed E-state index contributed by atoms with van der Waals surface area (Å²) in [6.07, 6.45) is 0. The predicted molar refractivity (Wildman–Crippen MR) is 10.5 cm³/mol. The van der Waals surface area contributed by atoms with Crippen LogP contribution in [0.2, 0.25) is 0 Å². The summed E-state index contributed by atoms with van der Waals surface area (Å²) in [5.41, 5.74) is 0. The third-order valence-corrected chi connectivity index (χ3v) is 0. The van der Waals surface area contributed by atoms with E-state index in [9.17, 15) is 0 Å². The first-order chi connectivity index (χ1) is 2.00. The van der Waals surface area contributed by atoms with Crippen LogP contribution >= 0.6 is 0 Å². The van der Waals surface area contributed by atoms with E-state index >= 15 is 0 Å². The Morgan fingerprint density at radius 3 is 1.00 bits per heavy atom. The van der Waals surface area contributed by atoms with Gasteiger partial charge < -0.3 is 9.11 Å². The molecule has 0 heterocycles. The van der Waals surface area contributed by atoms with Crippen LogP contribution in [-0.4, -0.2) is 17.5 Å². The zero-order chi connectivity index (χ0) is 4.50. The van der Waals surface area contributed by atoms with Crippen molar-refractivity contribution < 1.29 is 114 Å². The summed E-state index contributed by atoms with van der Waals surface area (Å²) in [6, 6.07) is 0. The van der Waals surface area contributed by atoms with Crippen molar-refractivity contribution in [2.75, 3.05) is 0 Å². The number of hydrogen-bond acceptors (Lipinski definition) is 4. The van der Waals surface area contributed by atoms with Gasteiger partial charge in [0.05, 0.1) is 0 Å². The monoisotopic (exact) mass is 182 g/mol. The van der Waals surface area contributed by atoms with Crippen LogP contribution in [0.3, 0.4) is 0 Å². The maximum absolute atomic E-state index is 8.52. The number of hydrogen-bond donors (Lipinski definition) is 0. The molecule has 0 fully saturated rings. The zero-order valence-corrected chi connectivity index (χ0v) is 9.92. The summed E-state index contributed by atoms with van der Waals surface area (Å²) in [6.45, 7) is 0. The van der Waals surface area contributed by atoms with E-state index in [2.05, 4.69) is 0 Å². The predicted octanol–water partition coefficient (Wildman–Crippen LogP) is -7.33. The molecule has 0 saturated heterocycles. The second-order valence-electron chi connectivity index (χ2n) is 0.408. The first kappa shape index (κ1) is 22.5. The van der Waals surface area contributed by atoms with Gasteiger partial charge in [-0.2, -0.15) is 0 Å². The van der Waals surface area contributed by atoms with Gasteiger partial charge in [0, 0.05) is 48.1 Å². The summed E-state index contributed by atoms with van der Waals surface area (Å²) in [5, 5.41) is 0. The van der Waals surface area contributed by atoms with Gasteiger partial charge in [-0.1, -0.05) is 0 Å². The minimum absolute atomic E-state index is 0. The molecule has 0 saturated carbocycles. The van der Waals surface area contributed by atoms with Crippen molar-refractivity contribution >= 4 is 10.4 Å². The molecular weight excluding hydrogens is 182 g/mol. The van der Waals surface area contributed by atoms with E-state index in [-0.39, 0.29) is 96.9 Å². The van der Waals surface area contributed by atoms with E-state index in [1.807, 2.05) is 0 Å². The second kappa shape index (κ2) is 10.1. The van der Waals surface area contributed by atoms with Crippen LogP contribution in [0.5, 0.6) is 0 Å². The van der Waals surface area contributed by atoms with Crippen LogP contribution in [0.15, 0.2) is 0 Å². The quantitative estimate of drug-likeness (QED) is 0.212. The smallest absolute Gasteiger partial charge is 0.759 e. The zero-order valence-electron chi connectivity index (χ0n) is 4.39. The van der Waals surface area contributed by atoms with Crippen LogP contribution < -0.4 is 59.1 Å². The van der Waals surface area contributed by atoms with Crippen molar-refractivity contribution in [1.29, 1.82) is 0 Å². The van der Waals surface area contributed by atoms with Gasteiger partial charge in [-0.25, -0.2) is 0 Å². The van der Waals surface area contributed by atoms with Crippen molar-refractivity contribution in [1.82, 2.24) is 0 Å². The molecule has 4 nitrogen and oxygen atoms in total. The van der Waals surface area contributed by atoms with E-state index in [0.29, 0.717) is 0 Å². The Morgan fingerprint density at radius 1 is 1.00 bits per heavy atom. The van der Waals surface area contributed by atoms with Crippen LogP contribution in [-0.2, 0) is 10.4 Å². The minimum Gasteiger partial charge on any atom is -0.759 e. The minimum atomic E-state index is -5.17. The largest absolute Gasteiger partial charge is 1.00 e. The fourth-order valence-corrected chi connectivity index (χ4v) is 0. The van der Waals surface area contributed by atoms with E-state index in [1.165, 1.54) is 0 Å². The van der Waals surface area contributed by atoms with Gasteiger partial charge in [0.1, 0.15) is 0 Å². The van der Waals surface area contributed by atoms with E-state index in [0.717, 1.165) is 0 Å². The van der Waals surface area contributed by atoms with Crippen molar-refractivity contribution in [2.24, 2.45) is 0 Å². The van der Waals surface area contributed by atoms with Crippen molar-refractivity contribution in [3.8, 4) is 0 Å². The second-order valence-corrected chi connectivity index (χ2v) is 1.22. The van der Waals surface area contributed by atoms with Gasteiger partial charge in [0.25, 0.3) is 0 Å². The fourth-order valence-electron chi connectivity index (χ4n) is 0. The van der Waals surface area contributed by atoms with Crippen LogP contribution in [0.1, 0.15) is 0 Å². The summed E-state index contributed by atoms with van der Waals surface area (Å²) >= 11 is 0. The molecule has 0 atom stereocenters. The molecule has 0 bridgehead atoms. The van der Waals surface area contributed by atoms with Crippen molar-refractivity contribution in [3.63, 3.8) is 0 Å². The molecule has 40 valence electrons. The average Bonchev–Trinajstić information content (AvgIpc) is 0.722. The molecule has 0 radical (unpaired) electrons. The van der Waals surface area contributed by atoms with Crippen LogP contribution in [0, 0.1) is 37.7 Å². The molecular formula is ArNa2O4S. The van der Waals surface area contributed by atoms with Gasteiger partial charge >= 0.3 is 59.1 Å². The Morgan fingerprint density at radius 2 is 1.00 bits per heavy atom. The average molecular weight is 182 g/mol. The van der Waals surface area contributed by atoms with E-state index in [4.69, 9.17) is 17.5 Å². The topological polar surface area (TPSA) is 80.3 Å². The fraction of sp³-hybridized carbons (Fsp3) is 0. The Bertz CT molecular complexity index is 97.2. The molecule has 0 aliphatic heterocycles. The Balaban J connectivity index is -0.0000000267. The van der Waals surface area contributed by atoms with Gasteiger partial charge in [0.2, 0.25) is 0 Å². The van der Waals surface area contributed by atoms with Gasteiger partial charge in [0.15, 0.2) is 0 Å². The standard InChI is InChI=1S/Ar.2Na.H2O4S/c;;;1-5(2,3)4/h;;;(H2,1,2,3,4)/q;2*+1;/p-2. The first-order valence-corrected chi connectivity index (χ1v) is 2.00. The first-order valence-electron chi connectivity index (χ1n) is 0.667. The van der Waals surface area contributed by atoms with Crippen LogP contribution in [0.25, 0.3) is 0 Å².